The normalized spacial score (nSPS) is 29.8. The molecule has 0 N–H and O–H groups in total. The zero-order chi connectivity index (χ0) is 17.6. The molecule has 136 valence electrons. The summed E-state index contributed by atoms with van der Waals surface area (Å²) >= 11 is 0. The van der Waals surface area contributed by atoms with Gasteiger partial charge in [-0.05, 0) is 39.5 Å². The van der Waals surface area contributed by atoms with E-state index in [-0.39, 0.29) is 23.5 Å². The summed E-state index contributed by atoms with van der Waals surface area (Å²) in [7, 11) is 0. The van der Waals surface area contributed by atoms with Crippen LogP contribution < -0.4 is 0 Å². The van der Waals surface area contributed by atoms with Gasteiger partial charge in [0.25, 0.3) is 5.91 Å². The highest BCUT2D eigenvalue weighted by Gasteiger charge is 2.47. The highest BCUT2D eigenvalue weighted by Crippen LogP contribution is 2.37. The molecule has 1 spiro atoms. The van der Waals surface area contributed by atoms with Crippen LogP contribution in [0.4, 0.5) is 0 Å². The van der Waals surface area contributed by atoms with Crippen LogP contribution in [0, 0.1) is 13.8 Å². The fraction of sp³-hybridized carbons (Fsp3) is 0.722. The minimum absolute atomic E-state index is 0.0314. The largest absolute Gasteiger partial charge is 0.373 e. The fourth-order valence-corrected chi connectivity index (χ4v) is 4.57. The fourth-order valence-electron chi connectivity index (χ4n) is 4.57. The Morgan fingerprint density at radius 2 is 2.16 bits per heavy atom. The third kappa shape index (κ3) is 2.84. The first kappa shape index (κ1) is 16.6. The van der Waals surface area contributed by atoms with E-state index in [4.69, 9.17) is 9.26 Å². The average Bonchev–Trinajstić information content (AvgIpc) is 3.28. The molecular weight excluding hydrogens is 322 g/mol. The van der Waals surface area contributed by atoms with Gasteiger partial charge in [0.2, 0.25) is 5.91 Å². The predicted octanol–water partition coefficient (Wildman–Crippen LogP) is 1.68. The Morgan fingerprint density at radius 3 is 2.84 bits per heavy atom. The van der Waals surface area contributed by atoms with Crippen molar-refractivity contribution in [2.45, 2.75) is 57.6 Å². The summed E-state index contributed by atoms with van der Waals surface area (Å²) < 4.78 is 11.3. The number of hydrogen-bond acceptors (Lipinski definition) is 5. The molecule has 2 atom stereocenters. The number of likely N-dealkylation sites (tertiary alicyclic amines) is 2. The Bertz CT molecular complexity index is 681. The van der Waals surface area contributed by atoms with Crippen LogP contribution in [-0.2, 0) is 9.53 Å². The number of rotatable bonds is 2. The van der Waals surface area contributed by atoms with Gasteiger partial charge in [0.05, 0.1) is 17.8 Å². The molecule has 1 aromatic heterocycles. The van der Waals surface area contributed by atoms with E-state index >= 15 is 0 Å². The Hall–Kier alpha value is -1.89. The number of hydrogen-bond donors (Lipinski definition) is 0. The van der Waals surface area contributed by atoms with Crippen molar-refractivity contribution in [1.82, 2.24) is 15.0 Å². The molecule has 0 bridgehead atoms. The first-order chi connectivity index (χ1) is 12.0. The Kier molecular flexibility index (Phi) is 4.06. The van der Waals surface area contributed by atoms with Crippen LogP contribution in [0.1, 0.15) is 53.9 Å². The summed E-state index contributed by atoms with van der Waals surface area (Å²) in [5.74, 6) is 0.799. The zero-order valence-electron chi connectivity index (χ0n) is 14.9. The second-order valence-electron chi connectivity index (χ2n) is 7.54. The van der Waals surface area contributed by atoms with E-state index in [0.717, 1.165) is 32.2 Å². The smallest absolute Gasteiger partial charge is 0.259 e. The van der Waals surface area contributed by atoms with Crippen LogP contribution in [0.2, 0.25) is 0 Å². The van der Waals surface area contributed by atoms with E-state index in [9.17, 15) is 9.59 Å². The van der Waals surface area contributed by atoms with Crippen LogP contribution in [0.15, 0.2) is 4.52 Å². The maximum absolute atomic E-state index is 12.9. The molecule has 4 heterocycles. The molecule has 0 unspecified atom stereocenters. The quantitative estimate of drug-likeness (QED) is 0.813. The first-order valence-electron chi connectivity index (χ1n) is 9.15. The number of nitrogens with zero attached hydrogens (tertiary/aromatic N) is 3. The Balaban J connectivity index is 1.47. The molecule has 7 nitrogen and oxygen atoms in total. The van der Waals surface area contributed by atoms with Crippen LogP contribution >= 0.6 is 0 Å². The zero-order valence-corrected chi connectivity index (χ0v) is 14.9. The molecule has 0 saturated carbocycles. The van der Waals surface area contributed by atoms with Gasteiger partial charge in [0.15, 0.2) is 0 Å². The van der Waals surface area contributed by atoms with Crippen molar-refractivity contribution in [1.29, 1.82) is 0 Å². The highest BCUT2D eigenvalue weighted by molar-refractivity contribution is 5.96. The minimum Gasteiger partial charge on any atom is -0.373 e. The number of carbonyl (C=O) groups is 2. The average molecular weight is 347 g/mol. The van der Waals surface area contributed by atoms with E-state index in [1.165, 1.54) is 0 Å². The van der Waals surface area contributed by atoms with Crippen molar-refractivity contribution in [2.24, 2.45) is 0 Å². The molecule has 4 rings (SSSR count). The molecule has 3 aliphatic heterocycles. The van der Waals surface area contributed by atoms with Gasteiger partial charge in [-0.15, -0.1) is 0 Å². The topological polar surface area (TPSA) is 75.9 Å². The van der Waals surface area contributed by atoms with Gasteiger partial charge in [0, 0.05) is 32.2 Å². The SMILES string of the molecule is Cc1noc(C)c1C(=O)N1CC[C@]2(C[C@@H](N3CCCC3=O)CCO2)C1. The second kappa shape index (κ2) is 6.12. The third-order valence-corrected chi connectivity index (χ3v) is 5.87. The van der Waals surface area contributed by atoms with Gasteiger partial charge >= 0.3 is 0 Å². The van der Waals surface area contributed by atoms with E-state index in [2.05, 4.69) is 5.16 Å². The molecule has 0 radical (unpaired) electrons. The van der Waals surface area contributed by atoms with Crippen molar-refractivity contribution in [2.75, 3.05) is 26.2 Å². The monoisotopic (exact) mass is 347 g/mol. The summed E-state index contributed by atoms with van der Waals surface area (Å²) in [5.41, 5.74) is 0.883. The Labute approximate surface area is 147 Å². The number of ether oxygens (including phenoxy) is 1. The summed E-state index contributed by atoms with van der Waals surface area (Å²) in [6.45, 7) is 6.33. The first-order valence-corrected chi connectivity index (χ1v) is 9.15. The van der Waals surface area contributed by atoms with Crippen LogP contribution in [0.25, 0.3) is 0 Å². The van der Waals surface area contributed by atoms with Gasteiger partial charge in [-0.1, -0.05) is 5.16 Å². The van der Waals surface area contributed by atoms with Gasteiger partial charge in [-0.3, -0.25) is 9.59 Å². The molecule has 0 aliphatic carbocycles. The van der Waals surface area contributed by atoms with E-state index in [1.54, 1.807) is 13.8 Å². The standard InChI is InChI=1S/C18H25N3O4/c1-12-16(13(2)25-19-12)17(23)20-8-6-18(11-20)10-14(5-9-24-18)21-7-3-4-15(21)22/h14H,3-11H2,1-2H3/t14-,18-/m0/s1. The van der Waals surface area contributed by atoms with Gasteiger partial charge in [-0.25, -0.2) is 0 Å². The van der Waals surface area contributed by atoms with E-state index < -0.39 is 0 Å². The summed E-state index contributed by atoms with van der Waals surface area (Å²) in [4.78, 5) is 28.8. The summed E-state index contributed by atoms with van der Waals surface area (Å²) in [5, 5.41) is 3.89. The summed E-state index contributed by atoms with van der Waals surface area (Å²) in [6.07, 6.45) is 4.16. The maximum Gasteiger partial charge on any atom is 0.259 e. The number of amides is 2. The van der Waals surface area contributed by atoms with Crippen LogP contribution in [0.5, 0.6) is 0 Å². The number of aryl methyl sites for hydroxylation is 2. The molecule has 3 aliphatic rings. The molecule has 1 aromatic rings. The summed E-state index contributed by atoms with van der Waals surface area (Å²) in [6, 6.07) is 0.248. The molecule has 3 fully saturated rings. The van der Waals surface area contributed by atoms with Gasteiger partial charge in [0.1, 0.15) is 11.3 Å². The highest BCUT2D eigenvalue weighted by atomic mass is 16.5. The lowest BCUT2D eigenvalue weighted by Gasteiger charge is -2.41. The van der Waals surface area contributed by atoms with Gasteiger partial charge in [-0.2, -0.15) is 0 Å². The minimum atomic E-state index is -0.319. The lowest BCUT2D eigenvalue weighted by atomic mass is 9.89. The third-order valence-electron chi connectivity index (χ3n) is 5.87. The lowest BCUT2D eigenvalue weighted by Crippen LogP contribution is -2.50. The van der Waals surface area contributed by atoms with Crippen LogP contribution in [0.3, 0.4) is 0 Å². The van der Waals surface area contributed by atoms with E-state index in [0.29, 0.717) is 43.1 Å². The molecule has 7 heteroatoms. The van der Waals surface area contributed by atoms with Crippen molar-refractivity contribution < 1.29 is 18.8 Å². The van der Waals surface area contributed by atoms with Crippen molar-refractivity contribution in [3.63, 3.8) is 0 Å². The molecule has 0 aromatic carbocycles. The lowest BCUT2D eigenvalue weighted by molar-refractivity contribution is -0.137. The second-order valence-corrected chi connectivity index (χ2v) is 7.54. The molecular formula is C18H25N3O4. The van der Waals surface area contributed by atoms with Crippen molar-refractivity contribution in [3.05, 3.63) is 17.0 Å². The number of carbonyl (C=O) groups excluding carboxylic acids is 2. The molecule has 3 saturated heterocycles. The molecule has 2 amide bonds. The number of aromatic nitrogens is 1. The Morgan fingerprint density at radius 1 is 1.32 bits per heavy atom. The van der Waals surface area contributed by atoms with Gasteiger partial charge < -0.3 is 19.1 Å². The van der Waals surface area contributed by atoms with E-state index in [1.807, 2.05) is 9.80 Å². The van der Waals surface area contributed by atoms with Crippen molar-refractivity contribution in [3.8, 4) is 0 Å². The van der Waals surface area contributed by atoms with Crippen LogP contribution in [-0.4, -0.2) is 64.7 Å². The molecule has 25 heavy (non-hydrogen) atoms. The maximum atomic E-state index is 12.9. The predicted molar refractivity (Wildman–Crippen MR) is 89.1 cm³/mol. The van der Waals surface area contributed by atoms with Crippen molar-refractivity contribution >= 4 is 11.8 Å².